The molecule has 0 aliphatic heterocycles. The van der Waals surface area contributed by atoms with Gasteiger partial charge >= 0.3 is 6.09 Å². The van der Waals surface area contributed by atoms with Gasteiger partial charge < -0.3 is 20.1 Å². The van der Waals surface area contributed by atoms with Gasteiger partial charge in [0, 0.05) is 24.8 Å². The maximum atomic E-state index is 11.9. The summed E-state index contributed by atoms with van der Waals surface area (Å²) in [6.07, 6.45) is 0.275. The highest BCUT2D eigenvalue weighted by molar-refractivity contribution is 5.67. The first-order valence-electron chi connectivity index (χ1n) is 6.60. The van der Waals surface area contributed by atoms with Crippen LogP contribution in [0.4, 0.5) is 10.5 Å². The number of hydrogen-bond donors (Lipinski definition) is 1. The number of nitrogen functional groups attached to an aromatic ring is 1. The summed E-state index contributed by atoms with van der Waals surface area (Å²) >= 11 is 0. The Morgan fingerprint density at radius 1 is 1.35 bits per heavy atom. The summed E-state index contributed by atoms with van der Waals surface area (Å²) in [5.74, 6) is 0.739. The monoisotopic (exact) mass is 280 g/mol. The molecule has 0 saturated carbocycles. The van der Waals surface area contributed by atoms with Crippen molar-refractivity contribution in [2.45, 2.75) is 32.8 Å². The Labute approximate surface area is 120 Å². The first-order valence-corrected chi connectivity index (χ1v) is 6.60. The van der Waals surface area contributed by atoms with E-state index in [0.717, 1.165) is 11.3 Å². The molecule has 0 heterocycles. The van der Waals surface area contributed by atoms with Crippen LogP contribution in [0, 0.1) is 0 Å². The minimum absolute atomic E-state index is 0.342. The lowest BCUT2D eigenvalue weighted by Crippen LogP contribution is -2.35. The number of carbonyl (C=O) groups is 1. The molecule has 1 amide bonds. The van der Waals surface area contributed by atoms with Crippen molar-refractivity contribution in [2.24, 2.45) is 0 Å². The van der Waals surface area contributed by atoms with Crippen LogP contribution < -0.4 is 10.5 Å². The number of amides is 1. The predicted octanol–water partition coefficient (Wildman–Crippen LogP) is 2.69. The minimum Gasteiger partial charge on any atom is -0.496 e. The maximum Gasteiger partial charge on any atom is 0.410 e. The molecule has 112 valence electrons. The number of benzene rings is 1. The van der Waals surface area contributed by atoms with E-state index in [1.807, 2.05) is 39.0 Å². The van der Waals surface area contributed by atoms with Gasteiger partial charge in [0.15, 0.2) is 0 Å². The summed E-state index contributed by atoms with van der Waals surface area (Å²) in [5.41, 5.74) is 7.03. The van der Waals surface area contributed by atoms with Crippen molar-refractivity contribution in [1.29, 1.82) is 0 Å². The summed E-state index contributed by atoms with van der Waals surface area (Å²) in [6, 6.07) is 5.53. The zero-order valence-corrected chi connectivity index (χ0v) is 12.9. The second-order valence-corrected chi connectivity index (χ2v) is 5.68. The second kappa shape index (κ2) is 6.50. The van der Waals surface area contributed by atoms with Crippen LogP contribution in [-0.4, -0.2) is 37.3 Å². The summed E-state index contributed by atoms with van der Waals surface area (Å²) < 4.78 is 10.6. The number of likely N-dealkylation sites (N-methyl/N-ethyl adjacent to an activating group) is 1. The molecule has 5 nitrogen and oxygen atoms in total. The van der Waals surface area contributed by atoms with E-state index in [1.165, 1.54) is 4.90 Å². The van der Waals surface area contributed by atoms with Gasteiger partial charge in [0.25, 0.3) is 0 Å². The SMILES string of the molecule is COc1cccc(N)c1CCN(C)C(=O)OC(C)(C)C. The minimum atomic E-state index is -0.491. The van der Waals surface area contributed by atoms with E-state index in [-0.39, 0.29) is 6.09 Å². The predicted molar refractivity (Wildman–Crippen MR) is 80.0 cm³/mol. The highest BCUT2D eigenvalue weighted by Crippen LogP contribution is 2.24. The summed E-state index contributed by atoms with van der Waals surface area (Å²) in [7, 11) is 3.32. The molecule has 0 aliphatic carbocycles. The lowest BCUT2D eigenvalue weighted by Gasteiger charge is -2.25. The first-order chi connectivity index (χ1) is 9.24. The highest BCUT2D eigenvalue weighted by Gasteiger charge is 2.19. The van der Waals surface area contributed by atoms with E-state index in [0.29, 0.717) is 18.7 Å². The fourth-order valence-corrected chi connectivity index (χ4v) is 1.75. The maximum absolute atomic E-state index is 11.9. The van der Waals surface area contributed by atoms with Crippen molar-refractivity contribution < 1.29 is 14.3 Å². The van der Waals surface area contributed by atoms with Crippen LogP contribution in [-0.2, 0) is 11.2 Å². The summed E-state index contributed by atoms with van der Waals surface area (Å²) in [6.45, 7) is 6.05. The quantitative estimate of drug-likeness (QED) is 0.861. The molecule has 0 spiro atoms. The first kappa shape index (κ1) is 16.1. The fourth-order valence-electron chi connectivity index (χ4n) is 1.75. The van der Waals surface area contributed by atoms with Crippen LogP contribution in [0.2, 0.25) is 0 Å². The van der Waals surface area contributed by atoms with Crippen LogP contribution in [0.3, 0.4) is 0 Å². The van der Waals surface area contributed by atoms with Crippen LogP contribution in [0.5, 0.6) is 5.75 Å². The molecule has 20 heavy (non-hydrogen) atoms. The molecular formula is C15H24N2O3. The molecule has 0 unspecified atom stereocenters. The van der Waals surface area contributed by atoms with Gasteiger partial charge in [-0.15, -0.1) is 0 Å². The normalized spacial score (nSPS) is 11.1. The van der Waals surface area contributed by atoms with E-state index in [4.69, 9.17) is 15.2 Å². The number of nitrogens with zero attached hydrogens (tertiary/aromatic N) is 1. The van der Waals surface area contributed by atoms with Crippen molar-refractivity contribution in [1.82, 2.24) is 4.90 Å². The van der Waals surface area contributed by atoms with E-state index < -0.39 is 5.60 Å². The van der Waals surface area contributed by atoms with Gasteiger partial charge in [0.2, 0.25) is 0 Å². The summed E-state index contributed by atoms with van der Waals surface area (Å²) in [5, 5.41) is 0. The van der Waals surface area contributed by atoms with Crippen LogP contribution in [0.15, 0.2) is 18.2 Å². The molecule has 0 radical (unpaired) electrons. The standard InChI is InChI=1S/C15H24N2O3/c1-15(2,3)20-14(18)17(4)10-9-11-12(16)7-6-8-13(11)19-5/h6-8H,9-10,16H2,1-5H3. The number of ether oxygens (including phenoxy) is 2. The highest BCUT2D eigenvalue weighted by atomic mass is 16.6. The number of methoxy groups -OCH3 is 1. The van der Waals surface area contributed by atoms with Gasteiger partial charge in [-0.1, -0.05) is 6.07 Å². The number of rotatable bonds is 4. The van der Waals surface area contributed by atoms with Crippen molar-refractivity contribution >= 4 is 11.8 Å². The fraction of sp³-hybridized carbons (Fsp3) is 0.533. The molecule has 1 aromatic rings. The Morgan fingerprint density at radius 3 is 2.55 bits per heavy atom. The third-order valence-electron chi connectivity index (χ3n) is 2.79. The van der Waals surface area contributed by atoms with Crippen LogP contribution in [0.25, 0.3) is 0 Å². The molecule has 2 N–H and O–H groups in total. The van der Waals surface area contributed by atoms with Gasteiger partial charge in [-0.05, 0) is 39.3 Å². The van der Waals surface area contributed by atoms with Gasteiger partial charge in [0.1, 0.15) is 11.4 Å². The molecule has 0 saturated heterocycles. The largest absolute Gasteiger partial charge is 0.496 e. The van der Waals surface area contributed by atoms with Crippen molar-refractivity contribution in [3.63, 3.8) is 0 Å². The van der Waals surface area contributed by atoms with Crippen molar-refractivity contribution in [3.05, 3.63) is 23.8 Å². The van der Waals surface area contributed by atoms with Crippen molar-refractivity contribution in [3.8, 4) is 5.75 Å². The van der Waals surface area contributed by atoms with Gasteiger partial charge in [0.05, 0.1) is 7.11 Å². The van der Waals surface area contributed by atoms with Crippen molar-refractivity contribution in [2.75, 3.05) is 26.4 Å². The molecule has 0 atom stereocenters. The van der Waals surface area contributed by atoms with Crippen LogP contribution >= 0.6 is 0 Å². The molecular weight excluding hydrogens is 256 g/mol. The summed E-state index contributed by atoms with van der Waals surface area (Å²) in [4.78, 5) is 13.4. The number of anilines is 1. The number of carbonyl (C=O) groups excluding carboxylic acids is 1. The molecule has 5 heteroatoms. The van der Waals surface area contributed by atoms with Gasteiger partial charge in [-0.25, -0.2) is 4.79 Å². The molecule has 0 aromatic heterocycles. The Bertz CT molecular complexity index is 467. The van der Waals surface area contributed by atoms with Crippen LogP contribution in [0.1, 0.15) is 26.3 Å². The Balaban J connectivity index is 2.66. The van der Waals surface area contributed by atoms with Gasteiger partial charge in [-0.3, -0.25) is 0 Å². The van der Waals surface area contributed by atoms with E-state index in [2.05, 4.69) is 0 Å². The Hall–Kier alpha value is -1.91. The number of hydrogen-bond acceptors (Lipinski definition) is 4. The zero-order chi connectivity index (χ0) is 15.3. The Kier molecular flexibility index (Phi) is 5.25. The van der Waals surface area contributed by atoms with E-state index in [9.17, 15) is 4.79 Å². The molecule has 1 rings (SSSR count). The lowest BCUT2D eigenvalue weighted by atomic mass is 10.1. The van der Waals surface area contributed by atoms with Gasteiger partial charge in [-0.2, -0.15) is 0 Å². The molecule has 0 aliphatic rings. The van der Waals surface area contributed by atoms with E-state index in [1.54, 1.807) is 14.2 Å². The molecule has 0 bridgehead atoms. The van der Waals surface area contributed by atoms with E-state index >= 15 is 0 Å². The zero-order valence-electron chi connectivity index (χ0n) is 12.9. The molecule has 1 aromatic carbocycles. The third kappa shape index (κ3) is 4.64. The average molecular weight is 280 g/mol. The topological polar surface area (TPSA) is 64.8 Å². The second-order valence-electron chi connectivity index (χ2n) is 5.68. The average Bonchev–Trinajstić information content (AvgIpc) is 2.34. The third-order valence-corrected chi connectivity index (χ3v) is 2.79. The smallest absolute Gasteiger partial charge is 0.410 e. The Morgan fingerprint density at radius 2 is 2.00 bits per heavy atom. The number of nitrogens with two attached hydrogens (primary N) is 1. The lowest BCUT2D eigenvalue weighted by molar-refractivity contribution is 0.0300. The molecule has 0 fully saturated rings.